The van der Waals surface area contributed by atoms with Gasteiger partial charge in [0.05, 0.1) is 12.8 Å². The number of rotatable bonds is 7. The first kappa shape index (κ1) is 18.1. The van der Waals surface area contributed by atoms with E-state index in [0.717, 1.165) is 31.1 Å². The largest absolute Gasteiger partial charge is 0.495 e. The fourth-order valence-corrected chi connectivity index (χ4v) is 2.73. The van der Waals surface area contributed by atoms with Crippen LogP contribution in [0.3, 0.4) is 0 Å². The van der Waals surface area contributed by atoms with Crippen LogP contribution in [-0.2, 0) is 0 Å². The highest BCUT2D eigenvalue weighted by Gasteiger charge is 2.06. The Morgan fingerprint density at radius 1 is 1.17 bits per heavy atom. The van der Waals surface area contributed by atoms with E-state index in [1.165, 1.54) is 11.3 Å². The number of hydrogen-bond donors (Lipinski definition) is 2. The number of anilines is 2. The second kappa shape index (κ2) is 9.13. The number of ether oxygens (including phenoxy) is 1. The van der Waals surface area contributed by atoms with E-state index in [4.69, 9.17) is 17.0 Å². The van der Waals surface area contributed by atoms with Gasteiger partial charge < -0.3 is 20.3 Å². The number of thiocarbonyl (C=S) groups is 1. The van der Waals surface area contributed by atoms with Gasteiger partial charge in [-0.2, -0.15) is 0 Å². The summed E-state index contributed by atoms with van der Waals surface area (Å²) < 4.78 is 5.32. The minimum Gasteiger partial charge on any atom is -0.495 e. The fourth-order valence-electron chi connectivity index (χ4n) is 2.51. The monoisotopic (exact) mass is 343 g/mol. The molecular formula is C19H25N3OS. The van der Waals surface area contributed by atoms with Crippen LogP contribution in [0.15, 0.2) is 48.5 Å². The van der Waals surface area contributed by atoms with Crippen LogP contribution >= 0.6 is 12.2 Å². The Kier molecular flexibility index (Phi) is 6.88. The molecule has 0 aromatic heterocycles. The molecule has 0 aliphatic rings. The molecule has 2 rings (SSSR count). The topological polar surface area (TPSA) is 36.5 Å². The highest BCUT2D eigenvalue weighted by atomic mass is 32.1. The smallest absolute Gasteiger partial charge is 0.170 e. The van der Waals surface area contributed by atoms with E-state index >= 15 is 0 Å². The Bertz CT molecular complexity index is 675. The van der Waals surface area contributed by atoms with Crippen molar-refractivity contribution in [1.29, 1.82) is 0 Å². The van der Waals surface area contributed by atoms with Gasteiger partial charge in [0, 0.05) is 25.3 Å². The van der Waals surface area contributed by atoms with Gasteiger partial charge in [0.1, 0.15) is 5.75 Å². The lowest BCUT2D eigenvalue weighted by molar-refractivity contribution is 0.417. The number of nitrogens with one attached hydrogen (secondary N) is 2. The molecule has 0 amide bonds. The molecule has 0 spiro atoms. The molecule has 5 heteroatoms. The molecule has 0 heterocycles. The molecule has 24 heavy (non-hydrogen) atoms. The van der Waals surface area contributed by atoms with Crippen LogP contribution in [-0.4, -0.2) is 31.9 Å². The zero-order valence-corrected chi connectivity index (χ0v) is 15.3. The van der Waals surface area contributed by atoms with Gasteiger partial charge >= 0.3 is 0 Å². The molecule has 2 N–H and O–H groups in total. The first-order valence-corrected chi connectivity index (χ1v) is 8.54. The number of para-hydroxylation sites is 2. The molecular weight excluding hydrogens is 318 g/mol. The molecule has 0 radical (unpaired) electrons. The summed E-state index contributed by atoms with van der Waals surface area (Å²) in [6.45, 7) is 6.88. The summed E-state index contributed by atoms with van der Waals surface area (Å²) in [6.07, 6.45) is 0. The van der Waals surface area contributed by atoms with Crippen molar-refractivity contribution in [2.24, 2.45) is 0 Å². The summed E-state index contributed by atoms with van der Waals surface area (Å²) in [5.41, 5.74) is 3.37. The second-order valence-corrected chi connectivity index (χ2v) is 5.91. The van der Waals surface area contributed by atoms with E-state index in [1.807, 2.05) is 24.3 Å². The van der Waals surface area contributed by atoms with E-state index in [2.05, 4.69) is 53.6 Å². The summed E-state index contributed by atoms with van der Waals surface area (Å²) in [6, 6.07) is 16.3. The lowest BCUT2D eigenvalue weighted by atomic mass is 10.2. The molecule has 2 aromatic rings. The Labute approximate surface area is 149 Å². The van der Waals surface area contributed by atoms with Gasteiger partial charge in [-0.05, 0) is 55.9 Å². The van der Waals surface area contributed by atoms with Crippen molar-refractivity contribution in [2.45, 2.75) is 13.8 Å². The van der Waals surface area contributed by atoms with Crippen molar-refractivity contribution in [3.63, 3.8) is 0 Å². The van der Waals surface area contributed by atoms with Crippen molar-refractivity contribution in [2.75, 3.05) is 37.0 Å². The SMILES string of the molecule is CCN(CCNC(=S)Nc1ccccc1OC)c1cccc(C)c1. The molecule has 0 atom stereocenters. The standard InChI is InChI=1S/C19H25N3OS/c1-4-22(16-9-7-8-15(2)14-16)13-12-20-19(24)21-17-10-5-6-11-18(17)23-3/h5-11,14H,4,12-13H2,1-3H3,(H2,20,21,24). The third-order valence-corrected chi connectivity index (χ3v) is 4.02. The third kappa shape index (κ3) is 5.13. The highest BCUT2D eigenvalue weighted by molar-refractivity contribution is 7.80. The third-order valence-electron chi connectivity index (χ3n) is 3.77. The maximum Gasteiger partial charge on any atom is 0.170 e. The van der Waals surface area contributed by atoms with E-state index < -0.39 is 0 Å². The minimum absolute atomic E-state index is 0.597. The summed E-state index contributed by atoms with van der Waals surface area (Å²) in [7, 11) is 1.65. The van der Waals surface area contributed by atoms with Crippen molar-refractivity contribution in [1.82, 2.24) is 5.32 Å². The highest BCUT2D eigenvalue weighted by Crippen LogP contribution is 2.22. The van der Waals surface area contributed by atoms with E-state index in [0.29, 0.717) is 5.11 Å². The van der Waals surface area contributed by atoms with Crippen LogP contribution < -0.4 is 20.3 Å². The predicted molar refractivity (Wildman–Crippen MR) is 106 cm³/mol. The number of likely N-dealkylation sites (N-methyl/N-ethyl adjacent to an activating group) is 1. The summed E-state index contributed by atoms with van der Waals surface area (Å²) in [4.78, 5) is 2.33. The molecule has 4 nitrogen and oxygen atoms in total. The molecule has 0 aliphatic heterocycles. The molecule has 0 fully saturated rings. The lowest BCUT2D eigenvalue weighted by Gasteiger charge is -2.24. The van der Waals surface area contributed by atoms with Crippen LogP contribution in [0, 0.1) is 6.92 Å². The number of nitrogens with zero attached hydrogens (tertiary/aromatic N) is 1. The molecule has 0 unspecified atom stereocenters. The van der Waals surface area contributed by atoms with Crippen molar-refractivity contribution < 1.29 is 4.74 Å². The fraction of sp³-hybridized carbons (Fsp3) is 0.316. The Morgan fingerprint density at radius 2 is 1.96 bits per heavy atom. The normalized spacial score (nSPS) is 10.1. The predicted octanol–water partition coefficient (Wildman–Crippen LogP) is 3.82. The van der Waals surface area contributed by atoms with Crippen LogP contribution in [0.2, 0.25) is 0 Å². The maximum absolute atomic E-state index is 5.37. The minimum atomic E-state index is 0.597. The number of hydrogen-bond acceptors (Lipinski definition) is 3. The van der Waals surface area contributed by atoms with Gasteiger partial charge in [-0.25, -0.2) is 0 Å². The van der Waals surface area contributed by atoms with Crippen LogP contribution in [0.1, 0.15) is 12.5 Å². The Hall–Kier alpha value is -2.27. The van der Waals surface area contributed by atoms with E-state index in [-0.39, 0.29) is 0 Å². The van der Waals surface area contributed by atoms with Gasteiger partial charge in [-0.1, -0.05) is 24.3 Å². The number of methoxy groups -OCH3 is 1. The molecule has 0 saturated heterocycles. The second-order valence-electron chi connectivity index (χ2n) is 5.50. The molecule has 0 bridgehead atoms. The quantitative estimate of drug-likeness (QED) is 0.748. The molecule has 2 aromatic carbocycles. The van der Waals surface area contributed by atoms with Gasteiger partial charge in [0.25, 0.3) is 0 Å². The van der Waals surface area contributed by atoms with Gasteiger partial charge in [-0.15, -0.1) is 0 Å². The number of benzene rings is 2. The summed E-state index contributed by atoms with van der Waals surface area (Å²) in [5.74, 6) is 0.775. The zero-order valence-electron chi connectivity index (χ0n) is 14.5. The van der Waals surface area contributed by atoms with Crippen LogP contribution in [0.25, 0.3) is 0 Å². The van der Waals surface area contributed by atoms with Gasteiger partial charge in [0.2, 0.25) is 0 Å². The van der Waals surface area contributed by atoms with Gasteiger partial charge in [0.15, 0.2) is 5.11 Å². The lowest BCUT2D eigenvalue weighted by Crippen LogP contribution is -2.37. The average molecular weight is 343 g/mol. The average Bonchev–Trinajstić information content (AvgIpc) is 2.59. The van der Waals surface area contributed by atoms with Crippen molar-refractivity contribution >= 4 is 28.7 Å². The summed E-state index contributed by atoms with van der Waals surface area (Å²) >= 11 is 5.37. The molecule has 128 valence electrons. The first-order chi connectivity index (χ1) is 11.6. The van der Waals surface area contributed by atoms with Crippen molar-refractivity contribution in [3.05, 3.63) is 54.1 Å². The van der Waals surface area contributed by atoms with Crippen LogP contribution in [0.5, 0.6) is 5.75 Å². The number of aryl methyl sites for hydroxylation is 1. The molecule has 0 saturated carbocycles. The maximum atomic E-state index is 5.37. The Balaban J connectivity index is 1.85. The first-order valence-electron chi connectivity index (χ1n) is 8.13. The van der Waals surface area contributed by atoms with E-state index in [1.54, 1.807) is 7.11 Å². The zero-order chi connectivity index (χ0) is 17.4. The van der Waals surface area contributed by atoms with Crippen LogP contribution in [0.4, 0.5) is 11.4 Å². The summed E-state index contributed by atoms with van der Waals surface area (Å²) in [5, 5.41) is 7.03. The van der Waals surface area contributed by atoms with Crippen molar-refractivity contribution in [3.8, 4) is 5.75 Å². The molecule has 0 aliphatic carbocycles. The Morgan fingerprint density at radius 3 is 2.67 bits per heavy atom. The van der Waals surface area contributed by atoms with Gasteiger partial charge in [-0.3, -0.25) is 0 Å². The van der Waals surface area contributed by atoms with E-state index in [9.17, 15) is 0 Å².